The highest BCUT2D eigenvalue weighted by Crippen LogP contribution is 2.38. The lowest BCUT2D eigenvalue weighted by Gasteiger charge is -2.34. The fourth-order valence-electron chi connectivity index (χ4n) is 3.49. The third-order valence-corrected chi connectivity index (χ3v) is 4.91. The number of nitrogens with zero attached hydrogens (tertiary/aromatic N) is 1. The maximum absolute atomic E-state index is 14.1. The van der Waals surface area contributed by atoms with Crippen LogP contribution in [-0.4, -0.2) is 23.4 Å². The van der Waals surface area contributed by atoms with Crippen LogP contribution in [0.1, 0.15) is 30.4 Å². The number of carbonyl (C=O) groups is 2. The lowest BCUT2D eigenvalue weighted by atomic mass is 9.83. The van der Waals surface area contributed by atoms with Crippen LogP contribution in [0.15, 0.2) is 72.5 Å². The number of esters is 1. The molecular weight excluding hydrogens is 376 g/mol. The van der Waals surface area contributed by atoms with Crippen LogP contribution >= 0.6 is 0 Å². The third kappa shape index (κ3) is 4.42. The Morgan fingerprint density at radius 1 is 1.24 bits per heavy atom. The van der Waals surface area contributed by atoms with Crippen molar-refractivity contribution in [1.82, 2.24) is 4.90 Å². The van der Waals surface area contributed by atoms with Crippen LogP contribution in [0.2, 0.25) is 0 Å². The molecule has 0 saturated carbocycles. The van der Waals surface area contributed by atoms with Gasteiger partial charge in [0.15, 0.2) is 0 Å². The van der Waals surface area contributed by atoms with Crippen molar-refractivity contribution >= 4 is 11.9 Å². The molecule has 1 atom stereocenters. The Labute approximate surface area is 168 Å². The van der Waals surface area contributed by atoms with E-state index in [1.165, 1.54) is 35.2 Å². The fourth-order valence-corrected chi connectivity index (χ4v) is 3.49. The summed E-state index contributed by atoms with van der Waals surface area (Å²) in [5, 5.41) is 0. The minimum absolute atomic E-state index is 0.00669. The number of hydrogen-bond donors (Lipinski definition) is 0. The molecule has 2 aromatic carbocycles. The Kier molecular flexibility index (Phi) is 6.22. The summed E-state index contributed by atoms with van der Waals surface area (Å²) in [6.45, 7) is 5.15. The first-order valence-electron chi connectivity index (χ1n) is 9.20. The van der Waals surface area contributed by atoms with Crippen molar-refractivity contribution < 1.29 is 23.1 Å². The van der Waals surface area contributed by atoms with E-state index in [1.54, 1.807) is 31.2 Å². The van der Waals surface area contributed by atoms with Crippen LogP contribution < -0.4 is 0 Å². The van der Waals surface area contributed by atoms with E-state index in [2.05, 4.69) is 6.58 Å². The Morgan fingerprint density at radius 3 is 2.69 bits per heavy atom. The average Bonchev–Trinajstić information content (AvgIpc) is 2.70. The van der Waals surface area contributed by atoms with Crippen molar-refractivity contribution in [3.8, 4) is 0 Å². The van der Waals surface area contributed by atoms with Crippen molar-refractivity contribution in [2.45, 2.75) is 25.8 Å². The molecule has 3 rings (SSSR count). The van der Waals surface area contributed by atoms with E-state index in [0.29, 0.717) is 16.8 Å². The van der Waals surface area contributed by atoms with Crippen LogP contribution in [0.25, 0.3) is 0 Å². The van der Waals surface area contributed by atoms with Gasteiger partial charge in [-0.15, -0.1) is 0 Å². The van der Waals surface area contributed by atoms with Gasteiger partial charge in [0.25, 0.3) is 0 Å². The Morgan fingerprint density at radius 2 is 2.00 bits per heavy atom. The topological polar surface area (TPSA) is 46.6 Å². The second-order valence-corrected chi connectivity index (χ2v) is 6.77. The zero-order valence-corrected chi connectivity index (χ0v) is 16.0. The molecular formula is C23H21F2NO3. The van der Waals surface area contributed by atoms with E-state index in [9.17, 15) is 18.4 Å². The zero-order chi connectivity index (χ0) is 21.0. The van der Waals surface area contributed by atoms with Crippen molar-refractivity contribution in [2.24, 2.45) is 0 Å². The van der Waals surface area contributed by atoms with Gasteiger partial charge in [-0.25, -0.2) is 13.6 Å². The Bertz CT molecular complexity index is 984. The zero-order valence-electron chi connectivity index (χ0n) is 16.0. The maximum Gasteiger partial charge on any atom is 0.336 e. The van der Waals surface area contributed by atoms with Crippen LogP contribution in [0, 0.1) is 11.6 Å². The first kappa shape index (κ1) is 20.5. The number of benzene rings is 2. The average molecular weight is 397 g/mol. The van der Waals surface area contributed by atoms with Gasteiger partial charge >= 0.3 is 5.97 Å². The van der Waals surface area contributed by atoms with Gasteiger partial charge in [-0.1, -0.05) is 43.0 Å². The van der Waals surface area contributed by atoms with E-state index in [4.69, 9.17) is 4.74 Å². The molecule has 4 nitrogen and oxygen atoms in total. The molecule has 29 heavy (non-hydrogen) atoms. The minimum atomic E-state index is -0.646. The monoisotopic (exact) mass is 397 g/mol. The summed E-state index contributed by atoms with van der Waals surface area (Å²) in [5.74, 6) is -2.42. The number of carbonyl (C=O) groups excluding carboxylic acids is 2. The number of amides is 1. The quantitative estimate of drug-likeness (QED) is 0.533. The minimum Gasteiger partial charge on any atom is -0.458 e. The van der Waals surface area contributed by atoms with Gasteiger partial charge in [-0.3, -0.25) is 4.79 Å². The molecule has 0 fully saturated rings. The standard InChI is InChI=1S/C23H21F2NO3/c1-3-11-29-23(28)22-15(2)26(14-17-7-4-5-10-20(17)25)21(27)13-19(22)16-8-6-9-18(24)12-16/h3-10,12,19H,1,11,13-14H2,2H3. The molecule has 1 heterocycles. The van der Waals surface area contributed by atoms with E-state index in [0.717, 1.165) is 0 Å². The predicted molar refractivity (Wildman–Crippen MR) is 105 cm³/mol. The first-order chi connectivity index (χ1) is 13.9. The van der Waals surface area contributed by atoms with Crippen LogP contribution in [0.4, 0.5) is 8.78 Å². The molecule has 0 aliphatic carbocycles. The Balaban J connectivity index is 2.04. The van der Waals surface area contributed by atoms with Crippen LogP contribution in [0.5, 0.6) is 0 Å². The van der Waals surface area contributed by atoms with Gasteiger partial charge in [0, 0.05) is 23.6 Å². The van der Waals surface area contributed by atoms with E-state index in [-0.39, 0.29) is 31.1 Å². The van der Waals surface area contributed by atoms with Crippen molar-refractivity contribution in [3.05, 3.63) is 95.2 Å². The summed E-state index contributed by atoms with van der Waals surface area (Å²) in [7, 11) is 0. The number of ether oxygens (including phenoxy) is 1. The summed E-state index contributed by atoms with van der Waals surface area (Å²) < 4.78 is 33.1. The normalized spacial score (nSPS) is 16.7. The molecule has 0 aromatic heterocycles. The van der Waals surface area contributed by atoms with E-state index < -0.39 is 23.5 Å². The smallest absolute Gasteiger partial charge is 0.336 e. The fraction of sp³-hybridized carbons (Fsp3) is 0.217. The molecule has 1 aliphatic rings. The lowest BCUT2D eigenvalue weighted by molar-refractivity contribution is -0.139. The maximum atomic E-state index is 14.1. The van der Waals surface area contributed by atoms with E-state index in [1.807, 2.05) is 0 Å². The molecule has 0 bridgehead atoms. The summed E-state index contributed by atoms with van der Waals surface area (Å²) in [6.07, 6.45) is 1.39. The predicted octanol–water partition coefficient (Wildman–Crippen LogP) is 4.48. The first-order valence-corrected chi connectivity index (χ1v) is 9.20. The van der Waals surface area contributed by atoms with Crippen molar-refractivity contribution in [1.29, 1.82) is 0 Å². The molecule has 0 spiro atoms. The summed E-state index contributed by atoms with van der Waals surface area (Å²) >= 11 is 0. The molecule has 2 aromatic rings. The van der Waals surface area contributed by atoms with Crippen molar-refractivity contribution in [2.75, 3.05) is 6.61 Å². The summed E-state index contributed by atoms with van der Waals surface area (Å²) in [4.78, 5) is 27.0. The van der Waals surface area contributed by atoms with Gasteiger partial charge in [-0.05, 0) is 30.7 Å². The molecule has 150 valence electrons. The Hall–Kier alpha value is -3.28. The van der Waals surface area contributed by atoms with Crippen LogP contribution in [0.3, 0.4) is 0 Å². The van der Waals surface area contributed by atoms with Crippen LogP contribution in [-0.2, 0) is 20.9 Å². The van der Waals surface area contributed by atoms with Gasteiger partial charge in [-0.2, -0.15) is 0 Å². The highest BCUT2D eigenvalue weighted by molar-refractivity contribution is 5.95. The molecule has 6 heteroatoms. The second kappa shape index (κ2) is 8.82. The van der Waals surface area contributed by atoms with Gasteiger partial charge < -0.3 is 9.64 Å². The molecule has 1 amide bonds. The highest BCUT2D eigenvalue weighted by Gasteiger charge is 2.37. The molecule has 0 saturated heterocycles. The molecule has 1 aliphatic heterocycles. The lowest BCUT2D eigenvalue weighted by Crippen LogP contribution is -2.38. The number of hydrogen-bond acceptors (Lipinski definition) is 3. The number of rotatable bonds is 6. The summed E-state index contributed by atoms with van der Waals surface area (Å²) in [6, 6.07) is 12.0. The van der Waals surface area contributed by atoms with Gasteiger partial charge in [0.05, 0.1) is 12.1 Å². The number of halogens is 2. The van der Waals surface area contributed by atoms with Gasteiger partial charge in [0.2, 0.25) is 5.91 Å². The van der Waals surface area contributed by atoms with Crippen molar-refractivity contribution in [3.63, 3.8) is 0 Å². The molecule has 0 N–H and O–H groups in total. The SMILES string of the molecule is C=CCOC(=O)C1=C(C)N(Cc2ccccc2F)C(=O)CC1c1cccc(F)c1. The molecule has 1 unspecified atom stereocenters. The molecule has 0 radical (unpaired) electrons. The third-order valence-electron chi connectivity index (χ3n) is 4.91. The largest absolute Gasteiger partial charge is 0.458 e. The second-order valence-electron chi connectivity index (χ2n) is 6.77. The highest BCUT2D eigenvalue weighted by atomic mass is 19.1. The number of allylic oxidation sites excluding steroid dienone is 1. The van der Waals surface area contributed by atoms with Gasteiger partial charge in [0.1, 0.15) is 18.2 Å². The van der Waals surface area contributed by atoms with E-state index >= 15 is 0 Å². The summed E-state index contributed by atoms with van der Waals surface area (Å²) in [5.41, 5.74) is 1.47.